The van der Waals surface area contributed by atoms with Crippen LogP contribution in [0.25, 0.3) is 0 Å². The van der Waals surface area contributed by atoms with Gasteiger partial charge in [0.2, 0.25) is 15.9 Å². The Hall–Kier alpha value is -1.89. The second kappa shape index (κ2) is 5.63. The van der Waals surface area contributed by atoms with Crippen LogP contribution >= 0.6 is 0 Å². The van der Waals surface area contributed by atoms with Gasteiger partial charge < -0.3 is 5.32 Å². The number of anilines is 1. The molecule has 5 nitrogen and oxygen atoms in total. The summed E-state index contributed by atoms with van der Waals surface area (Å²) in [5, 5.41) is 2.48. The van der Waals surface area contributed by atoms with Crippen LogP contribution in [0.2, 0.25) is 0 Å². The quantitative estimate of drug-likeness (QED) is 0.785. The first-order valence-corrected chi connectivity index (χ1v) is 6.87. The number of halogens is 1. The fourth-order valence-electron chi connectivity index (χ4n) is 1.21. The molecular formula is C11H13FN2O3S. The molecule has 7 heteroatoms. The fraction of sp³-hybridized carbons (Fsp3) is 0.182. The minimum absolute atomic E-state index is 0.128. The van der Waals surface area contributed by atoms with Crippen molar-refractivity contribution >= 4 is 21.6 Å². The molecule has 18 heavy (non-hydrogen) atoms. The van der Waals surface area contributed by atoms with Crippen molar-refractivity contribution in [3.63, 3.8) is 0 Å². The standard InChI is InChI=1S/C11H13FN2O3S/c1-3-11(15)13-7-8-4-5-10(9(12)6-8)14-18(2,16)17/h3-6,14H,1,7H2,2H3,(H,13,15). The van der Waals surface area contributed by atoms with E-state index in [1.54, 1.807) is 0 Å². The van der Waals surface area contributed by atoms with Crippen LogP contribution in [0.1, 0.15) is 5.56 Å². The number of rotatable bonds is 5. The lowest BCUT2D eigenvalue weighted by Crippen LogP contribution is -2.20. The molecule has 0 unspecified atom stereocenters. The molecule has 0 aromatic heterocycles. The largest absolute Gasteiger partial charge is 0.348 e. The van der Waals surface area contributed by atoms with Crippen molar-refractivity contribution in [1.82, 2.24) is 5.32 Å². The van der Waals surface area contributed by atoms with Crippen LogP contribution < -0.4 is 10.0 Å². The molecule has 0 bridgehead atoms. The van der Waals surface area contributed by atoms with Gasteiger partial charge in [0.1, 0.15) is 5.82 Å². The van der Waals surface area contributed by atoms with Gasteiger partial charge in [0.05, 0.1) is 11.9 Å². The molecule has 1 aromatic rings. The lowest BCUT2D eigenvalue weighted by molar-refractivity contribution is -0.116. The van der Waals surface area contributed by atoms with Gasteiger partial charge in [-0.15, -0.1) is 0 Å². The molecule has 0 fully saturated rings. The molecule has 0 spiro atoms. The third-order valence-electron chi connectivity index (χ3n) is 1.98. The van der Waals surface area contributed by atoms with Crippen LogP contribution in [0.5, 0.6) is 0 Å². The molecule has 0 aliphatic heterocycles. The zero-order chi connectivity index (χ0) is 13.8. The zero-order valence-electron chi connectivity index (χ0n) is 9.73. The Balaban J connectivity index is 2.79. The highest BCUT2D eigenvalue weighted by Crippen LogP contribution is 2.16. The Bertz CT molecular complexity index is 570. The molecule has 1 rings (SSSR count). The summed E-state index contributed by atoms with van der Waals surface area (Å²) in [4.78, 5) is 10.9. The molecule has 0 atom stereocenters. The minimum Gasteiger partial charge on any atom is -0.348 e. The molecule has 0 radical (unpaired) electrons. The highest BCUT2D eigenvalue weighted by Gasteiger charge is 2.08. The molecule has 0 aliphatic carbocycles. The van der Waals surface area contributed by atoms with Crippen molar-refractivity contribution in [2.45, 2.75) is 6.54 Å². The second-order valence-electron chi connectivity index (χ2n) is 3.61. The predicted molar refractivity (Wildman–Crippen MR) is 66.9 cm³/mol. The summed E-state index contributed by atoms with van der Waals surface area (Å²) >= 11 is 0. The monoisotopic (exact) mass is 272 g/mol. The zero-order valence-corrected chi connectivity index (χ0v) is 10.6. The van der Waals surface area contributed by atoms with Gasteiger partial charge in [-0.2, -0.15) is 0 Å². The second-order valence-corrected chi connectivity index (χ2v) is 5.36. The number of hydrogen-bond donors (Lipinski definition) is 2. The van der Waals surface area contributed by atoms with E-state index >= 15 is 0 Å². The molecular weight excluding hydrogens is 259 g/mol. The van der Waals surface area contributed by atoms with Crippen molar-refractivity contribution in [2.24, 2.45) is 0 Å². The minimum atomic E-state index is -3.52. The number of benzene rings is 1. The summed E-state index contributed by atoms with van der Waals surface area (Å²) in [6.07, 6.45) is 2.04. The van der Waals surface area contributed by atoms with Gasteiger partial charge in [-0.05, 0) is 23.8 Å². The SMILES string of the molecule is C=CC(=O)NCc1ccc(NS(C)(=O)=O)c(F)c1. The first-order chi connectivity index (χ1) is 8.31. The Morgan fingerprint density at radius 2 is 2.17 bits per heavy atom. The third kappa shape index (κ3) is 4.54. The number of sulfonamides is 1. The summed E-state index contributed by atoms with van der Waals surface area (Å²) < 4.78 is 37.5. The number of hydrogen-bond acceptors (Lipinski definition) is 3. The Morgan fingerprint density at radius 1 is 1.50 bits per heavy atom. The van der Waals surface area contributed by atoms with Gasteiger partial charge in [0.25, 0.3) is 0 Å². The molecule has 98 valence electrons. The van der Waals surface area contributed by atoms with E-state index in [1.165, 1.54) is 12.1 Å². The summed E-state index contributed by atoms with van der Waals surface area (Å²) in [6, 6.07) is 3.96. The van der Waals surface area contributed by atoms with Gasteiger partial charge in [0, 0.05) is 6.54 Å². The van der Waals surface area contributed by atoms with E-state index in [1.807, 2.05) is 4.72 Å². The summed E-state index contributed by atoms with van der Waals surface area (Å²) in [5.41, 5.74) is 0.387. The smallest absolute Gasteiger partial charge is 0.243 e. The van der Waals surface area contributed by atoms with Gasteiger partial charge in [0.15, 0.2) is 0 Å². The van der Waals surface area contributed by atoms with Crippen molar-refractivity contribution in [2.75, 3.05) is 11.0 Å². The number of nitrogens with one attached hydrogen (secondary N) is 2. The Kier molecular flexibility index (Phi) is 4.43. The van der Waals surface area contributed by atoms with E-state index in [0.29, 0.717) is 5.56 Å². The van der Waals surface area contributed by atoms with Crippen LogP contribution in [0.3, 0.4) is 0 Å². The number of amides is 1. The van der Waals surface area contributed by atoms with E-state index in [0.717, 1.165) is 18.4 Å². The number of carbonyl (C=O) groups is 1. The lowest BCUT2D eigenvalue weighted by atomic mass is 10.2. The maximum atomic E-state index is 13.5. The van der Waals surface area contributed by atoms with Crippen LogP contribution in [0.15, 0.2) is 30.9 Å². The van der Waals surface area contributed by atoms with Gasteiger partial charge in [-0.1, -0.05) is 12.6 Å². The van der Waals surface area contributed by atoms with E-state index in [-0.39, 0.29) is 18.1 Å². The van der Waals surface area contributed by atoms with Gasteiger partial charge in [-0.3, -0.25) is 9.52 Å². The van der Waals surface area contributed by atoms with Crippen LogP contribution in [0.4, 0.5) is 10.1 Å². The number of carbonyl (C=O) groups excluding carboxylic acids is 1. The molecule has 1 amide bonds. The van der Waals surface area contributed by atoms with Crippen molar-refractivity contribution in [3.05, 3.63) is 42.2 Å². The van der Waals surface area contributed by atoms with E-state index < -0.39 is 15.8 Å². The Labute approximate surface area is 105 Å². The average Bonchev–Trinajstić information content (AvgIpc) is 2.27. The van der Waals surface area contributed by atoms with Crippen molar-refractivity contribution < 1.29 is 17.6 Å². The van der Waals surface area contributed by atoms with Gasteiger partial charge >= 0.3 is 0 Å². The molecule has 0 saturated carbocycles. The Morgan fingerprint density at radius 3 is 2.67 bits per heavy atom. The maximum Gasteiger partial charge on any atom is 0.243 e. The molecule has 1 aromatic carbocycles. The highest BCUT2D eigenvalue weighted by molar-refractivity contribution is 7.92. The van der Waals surface area contributed by atoms with Crippen molar-refractivity contribution in [1.29, 1.82) is 0 Å². The van der Waals surface area contributed by atoms with Crippen LogP contribution in [-0.4, -0.2) is 20.6 Å². The predicted octanol–water partition coefficient (Wildman–Crippen LogP) is 0.999. The topological polar surface area (TPSA) is 75.3 Å². The average molecular weight is 272 g/mol. The fourth-order valence-corrected chi connectivity index (χ4v) is 1.78. The first kappa shape index (κ1) is 14.2. The molecule has 0 heterocycles. The highest BCUT2D eigenvalue weighted by atomic mass is 32.2. The van der Waals surface area contributed by atoms with Crippen molar-refractivity contribution in [3.8, 4) is 0 Å². The normalized spacial score (nSPS) is 10.8. The lowest BCUT2D eigenvalue weighted by Gasteiger charge is -2.07. The van der Waals surface area contributed by atoms with E-state index in [4.69, 9.17) is 0 Å². The van der Waals surface area contributed by atoms with E-state index in [2.05, 4.69) is 11.9 Å². The van der Waals surface area contributed by atoms with E-state index in [9.17, 15) is 17.6 Å². The van der Waals surface area contributed by atoms with Crippen LogP contribution in [0, 0.1) is 5.82 Å². The summed E-state index contributed by atoms with van der Waals surface area (Å²) in [5.74, 6) is -1.07. The van der Waals surface area contributed by atoms with Crippen LogP contribution in [-0.2, 0) is 21.4 Å². The summed E-state index contributed by atoms with van der Waals surface area (Å²) in [7, 11) is -3.52. The maximum absolute atomic E-state index is 13.5. The molecule has 0 saturated heterocycles. The first-order valence-electron chi connectivity index (χ1n) is 4.98. The molecule has 2 N–H and O–H groups in total. The van der Waals surface area contributed by atoms with Gasteiger partial charge in [-0.25, -0.2) is 12.8 Å². The summed E-state index contributed by atoms with van der Waals surface area (Å²) in [6.45, 7) is 3.42. The molecule has 0 aliphatic rings. The third-order valence-corrected chi connectivity index (χ3v) is 2.57.